The first-order valence-electron chi connectivity index (χ1n) is 6.98. The van der Waals surface area contributed by atoms with E-state index in [9.17, 15) is 9.59 Å². The summed E-state index contributed by atoms with van der Waals surface area (Å²) in [4.78, 5) is 28.4. The maximum absolute atomic E-state index is 12.2. The summed E-state index contributed by atoms with van der Waals surface area (Å²) >= 11 is 0. The Morgan fingerprint density at radius 1 is 1.32 bits per heavy atom. The van der Waals surface area contributed by atoms with Gasteiger partial charge in [-0.25, -0.2) is 4.98 Å². The van der Waals surface area contributed by atoms with Crippen molar-refractivity contribution in [3.63, 3.8) is 0 Å². The van der Waals surface area contributed by atoms with E-state index in [1.165, 1.54) is 10.6 Å². The third kappa shape index (κ3) is 2.88. The van der Waals surface area contributed by atoms with Crippen LogP contribution < -0.4 is 10.9 Å². The van der Waals surface area contributed by atoms with Crippen LogP contribution in [0.3, 0.4) is 0 Å². The summed E-state index contributed by atoms with van der Waals surface area (Å²) in [6.07, 6.45) is 8.08. The first-order valence-corrected chi connectivity index (χ1v) is 6.98. The molecule has 0 aliphatic heterocycles. The van der Waals surface area contributed by atoms with Crippen LogP contribution in [0, 0.1) is 0 Å². The number of hydrogen-bond donors (Lipinski definition) is 2. The third-order valence-electron chi connectivity index (χ3n) is 3.34. The number of H-pyrrole nitrogens is 1. The molecule has 3 heterocycles. The molecule has 0 unspecified atom stereocenters. The molecule has 0 atom stereocenters. The number of pyridine rings is 1. The van der Waals surface area contributed by atoms with Crippen molar-refractivity contribution in [1.29, 1.82) is 0 Å². The van der Waals surface area contributed by atoms with Crippen LogP contribution in [0.15, 0.2) is 47.8 Å². The van der Waals surface area contributed by atoms with Gasteiger partial charge in [-0.15, -0.1) is 0 Å². The summed E-state index contributed by atoms with van der Waals surface area (Å²) in [5.74, 6) is -0.400. The van der Waals surface area contributed by atoms with Crippen LogP contribution >= 0.6 is 0 Å². The van der Waals surface area contributed by atoms with Gasteiger partial charge in [0, 0.05) is 25.1 Å². The minimum atomic E-state index is -0.400. The first-order chi connectivity index (χ1) is 10.8. The highest BCUT2D eigenvalue weighted by molar-refractivity contribution is 5.93. The number of carbonyl (C=O) groups excluding carboxylic acids is 1. The third-order valence-corrected chi connectivity index (χ3v) is 3.34. The van der Waals surface area contributed by atoms with Gasteiger partial charge < -0.3 is 5.32 Å². The Bertz CT molecular complexity index is 839. The largest absolute Gasteiger partial charge is 0.352 e. The Morgan fingerprint density at radius 3 is 3.05 bits per heavy atom. The molecule has 0 spiro atoms. The van der Waals surface area contributed by atoms with Crippen molar-refractivity contribution in [2.75, 3.05) is 6.54 Å². The van der Waals surface area contributed by atoms with E-state index in [4.69, 9.17) is 0 Å². The molecule has 22 heavy (non-hydrogen) atoms. The van der Waals surface area contributed by atoms with Gasteiger partial charge in [0.25, 0.3) is 11.5 Å². The molecule has 0 aromatic carbocycles. The van der Waals surface area contributed by atoms with Gasteiger partial charge in [-0.1, -0.05) is 6.07 Å². The lowest BCUT2D eigenvalue weighted by Gasteiger charge is -2.05. The van der Waals surface area contributed by atoms with Gasteiger partial charge in [0.05, 0.1) is 6.20 Å². The Labute approximate surface area is 126 Å². The summed E-state index contributed by atoms with van der Waals surface area (Å²) in [5.41, 5.74) is 1.29. The van der Waals surface area contributed by atoms with Crippen molar-refractivity contribution in [3.05, 3.63) is 64.5 Å². The van der Waals surface area contributed by atoms with Crippen molar-refractivity contribution < 1.29 is 4.79 Å². The maximum Gasteiger partial charge on any atom is 0.270 e. The van der Waals surface area contributed by atoms with Gasteiger partial charge in [0.1, 0.15) is 11.2 Å². The number of rotatable bonds is 5. The number of aromatic nitrogens is 4. The van der Waals surface area contributed by atoms with Crippen molar-refractivity contribution in [2.24, 2.45) is 0 Å². The van der Waals surface area contributed by atoms with Crippen LogP contribution in [0.5, 0.6) is 0 Å². The molecule has 3 aromatic rings. The van der Waals surface area contributed by atoms with Gasteiger partial charge in [-0.3, -0.25) is 19.1 Å². The summed E-state index contributed by atoms with van der Waals surface area (Å²) < 4.78 is 1.36. The minimum Gasteiger partial charge on any atom is -0.352 e. The van der Waals surface area contributed by atoms with E-state index in [0.29, 0.717) is 12.2 Å². The smallest absolute Gasteiger partial charge is 0.270 e. The maximum atomic E-state index is 12.2. The summed E-state index contributed by atoms with van der Waals surface area (Å²) in [6, 6.07) is 5.23. The molecule has 2 N–H and O–H groups in total. The van der Waals surface area contributed by atoms with Crippen LogP contribution in [0.4, 0.5) is 0 Å². The number of carbonyl (C=O) groups is 1. The zero-order valence-electron chi connectivity index (χ0n) is 11.8. The van der Waals surface area contributed by atoms with Gasteiger partial charge >= 0.3 is 0 Å². The molecule has 3 rings (SSSR count). The predicted molar refractivity (Wildman–Crippen MR) is 80.7 cm³/mol. The lowest BCUT2D eigenvalue weighted by Crippen LogP contribution is -2.32. The Balaban J connectivity index is 1.65. The normalized spacial score (nSPS) is 10.7. The van der Waals surface area contributed by atoms with Gasteiger partial charge in [-0.05, 0) is 30.5 Å². The number of fused-ring (bicyclic) bond motifs is 1. The summed E-state index contributed by atoms with van der Waals surface area (Å²) in [7, 11) is 0. The number of nitrogens with zero attached hydrogens (tertiary/aromatic N) is 3. The molecule has 1 amide bonds. The number of aromatic amines is 1. The SMILES string of the molecule is O=C(NCCCc1cn[nH]c1)c1cnc2ccccn2c1=O. The van der Waals surface area contributed by atoms with Crippen LogP contribution in [0.1, 0.15) is 22.3 Å². The quantitative estimate of drug-likeness (QED) is 0.681. The molecular formula is C15H15N5O2. The van der Waals surface area contributed by atoms with Crippen LogP contribution in [-0.4, -0.2) is 32.0 Å². The molecule has 0 fully saturated rings. The molecule has 0 saturated carbocycles. The molecule has 3 aromatic heterocycles. The molecule has 0 bridgehead atoms. The van der Waals surface area contributed by atoms with Crippen molar-refractivity contribution in [1.82, 2.24) is 24.9 Å². The average Bonchev–Trinajstić information content (AvgIpc) is 3.05. The monoisotopic (exact) mass is 297 g/mol. The number of amides is 1. The number of aryl methyl sites for hydroxylation is 1. The lowest BCUT2D eigenvalue weighted by atomic mass is 10.2. The number of hydrogen-bond acceptors (Lipinski definition) is 4. The highest BCUT2D eigenvalue weighted by atomic mass is 16.2. The van der Waals surface area contributed by atoms with Crippen LogP contribution in [-0.2, 0) is 6.42 Å². The molecular weight excluding hydrogens is 282 g/mol. The molecule has 7 nitrogen and oxygen atoms in total. The fourth-order valence-corrected chi connectivity index (χ4v) is 2.19. The van der Waals surface area contributed by atoms with Crippen molar-refractivity contribution >= 4 is 11.6 Å². The fourth-order valence-electron chi connectivity index (χ4n) is 2.19. The standard InChI is InChI=1S/C15H15N5O2/c21-14(16-6-3-4-11-8-18-19-9-11)12-10-17-13-5-1-2-7-20(13)15(12)22/h1-2,5,7-10H,3-4,6H2,(H,16,21)(H,18,19). The van der Waals surface area contributed by atoms with E-state index in [2.05, 4.69) is 20.5 Å². The molecule has 112 valence electrons. The molecule has 0 aliphatic rings. The zero-order chi connectivity index (χ0) is 15.4. The molecule has 0 saturated heterocycles. The average molecular weight is 297 g/mol. The second-order valence-corrected chi connectivity index (χ2v) is 4.87. The molecule has 0 radical (unpaired) electrons. The van der Waals surface area contributed by atoms with Crippen LogP contribution in [0.2, 0.25) is 0 Å². The number of nitrogens with one attached hydrogen (secondary N) is 2. The molecule has 0 aliphatic carbocycles. The fraction of sp³-hybridized carbons (Fsp3) is 0.200. The Morgan fingerprint density at radius 2 is 2.23 bits per heavy atom. The van der Waals surface area contributed by atoms with E-state index in [-0.39, 0.29) is 11.1 Å². The minimum absolute atomic E-state index is 0.0482. The summed E-state index contributed by atoms with van der Waals surface area (Å²) in [6.45, 7) is 0.487. The predicted octanol–water partition coefficient (Wildman–Crippen LogP) is 0.780. The second-order valence-electron chi connectivity index (χ2n) is 4.87. The first kappa shape index (κ1) is 14.0. The van der Waals surface area contributed by atoms with Gasteiger partial charge in [0.15, 0.2) is 0 Å². The van der Waals surface area contributed by atoms with Gasteiger partial charge in [0.2, 0.25) is 0 Å². The van der Waals surface area contributed by atoms with E-state index in [1.807, 2.05) is 6.20 Å². The Kier molecular flexibility index (Phi) is 3.95. The van der Waals surface area contributed by atoms with Gasteiger partial charge in [-0.2, -0.15) is 5.10 Å². The zero-order valence-corrected chi connectivity index (χ0v) is 11.8. The highest BCUT2D eigenvalue weighted by Gasteiger charge is 2.12. The summed E-state index contributed by atoms with van der Waals surface area (Å²) in [5, 5.41) is 9.34. The molecule has 7 heteroatoms. The van der Waals surface area contributed by atoms with E-state index in [1.54, 1.807) is 30.6 Å². The second kappa shape index (κ2) is 6.21. The van der Waals surface area contributed by atoms with E-state index < -0.39 is 5.91 Å². The lowest BCUT2D eigenvalue weighted by molar-refractivity contribution is 0.0951. The van der Waals surface area contributed by atoms with E-state index >= 15 is 0 Å². The topological polar surface area (TPSA) is 92.2 Å². The Hall–Kier alpha value is -2.96. The van der Waals surface area contributed by atoms with Crippen LogP contribution in [0.25, 0.3) is 5.65 Å². The van der Waals surface area contributed by atoms with Crippen molar-refractivity contribution in [3.8, 4) is 0 Å². The van der Waals surface area contributed by atoms with Crippen molar-refractivity contribution in [2.45, 2.75) is 12.8 Å². The highest BCUT2D eigenvalue weighted by Crippen LogP contribution is 1.99. The van der Waals surface area contributed by atoms with E-state index in [0.717, 1.165) is 18.4 Å².